The topological polar surface area (TPSA) is 64.6 Å². The average molecular weight is 362 g/mol. The van der Waals surface area contributed by atoms with Gasteiger partial charge in [-0.2, -0.15) is 0 Å². The molecule has 1 N–H and O–H groups in total. The third-order valence-electron chi connectivity index (χ3n) is 3.44. The fourth-order valence-electron chi connectivity index (χ4n) is 2.07. The second-order valence-corrected chi connectivity index (χ2v) is 5.79. The molecule has 0 aliphatic rings. The van der Waals surface area contributed by atoms with Gasteiger partial charge in [0, 0.05) is 17.1 Å². The fraction of sp³-hybridized carbons (Fsp3) is 0.263. The number of hydrogen-bond donors (Lipinski definition) is 1. The van der Waals surface area contributed by atoms with Crippen LogP contribution in [0.2, 0.25) is 5.02 Å². The molecule has 0 spiro atoms. The molecular formula is C19H20ClNO4. The Morgan fingerprint density at radius 3 is 2.60 bits per heavy atom. The highest BCUT2D eigenvalue weighted by Crippen LogP contribution is 2.22. The van der Waals surface area contributed by atoms with Crippen LogP contribution in [0.3, 0.4) is 0 Å². The standard InChI is InChI=1S/C19H20ClNO4/c1-14-16(20)9-5-10-17(14)21-18(22)13-25-19(23)11-6-12-24-15-7-3-2-4-8-15/h2-5,7-10H,6,11-13H2,1H3,(H,21,22). The van der Waals surface area contributed by atoms with Crippen molar-refractivity contribution in [3.63, 3.8) is 0 Å². The predicted molar refractivity (Wildman–Crippen MR) is 96.9 cm³/mol. The van der Waals surface area contributed by atoms with Crippen molar-refractivity contribution in [3.8, 4) is 5.75 Å². The van der Waals surface area contributed by atoms with Gasteiger partial charge >= 0.3 is 5.97 Å². The largest absolute Gasteiger partial charge is 0.494 e. The Labute approximate surface area is 151 Å². The number of esters is 1. The van der Waals surface area contributed by atoms with Gasteiger partial charge in [-0.1, -0.05) is 35.9 Å². The number of carbonyl (C=O) groups excluding carboxylic acids is 2. The molecule has 0 aliphatic heterocycles. The van der Waals surface area contributed by atoms with Crippen LogP contribution in [-0.4, -0.2) is 25.1 Å². The molecule has 25 heavy (non-hydrogen) atoms. The number of carbonyl (C=O) groups is 2. The Balaban J connectivity index is 1.64. The lowest BCUT2D eigenvalue weighted by Gasteiger charge is -2.10. The molecule has 0 saturated carbocycles. The molecule has 0 bridgehead atoms. The highest BCUT2D eigenvalue weighted by Gasteiger charge is 2.10. The Bertz CT molecular complexity index is 719. The van der Waals surface area contributed by atoms with Crippen molar-refractivity contribution in [3.05, 3.63) is 59.1 Å². The SMILES string of the molecule is Cc1c(Cl)cccc1NC(=O)COC(=O)CCCOc1ccccc1. The Morgan fingerprint density at radius 1 is 1.08 bits per heavy atom. The second kappa shape index (κ2) is 9.69. The molecule has 5 nitrogen and oxygen atoms in total. The van der Waals surface area contributed by atoms with Crippen molar-refractivity contribution in [2.45, 2.75) is 19.8 Å². The van der Waals surface area contributed by atoms with E-state index >= 15 is 0 Å². The van der Waals surface area contributed by atoms with Crippen LogP contribution in [0, 0.1) is 6.92 Å². The Kier molecular flexibility index (Phi) is 7.29. The third-order valence-corrected chi connectivity index (χ3v) is 3.85. The summed E-state index contributed by atoms with van der Waals surface area (Å²) in [5.41, 5.74) is 1.37. The number of amides is 1. The molecule has 0 aliphatic carbocycles. The van der Waals surface area contributed by atoms with Crippen molar-refractivity contribution in [1.29, 1.82) is 0 Å². The molecular weight excluding hydrogens is 342 g/mol. The van der Waals surface area contributed by atoms with Crippen molar-refractivity contribution in [1.82, 2.24) is 0 Å². The molecule has 1 amide bonds. The van der Waals surface area contributed by atoms with Crippen LogP contribution < -0.4 is 10.1 Å². The van der Waals surface area contributed by atoms with Crippen LogP contribution in [0.1, 0.15) is 18.4 Å². The van der Waals surface area contributed by atoms with Crippen LogP contribution in [-0.2, 0) is 14.3 Å². The summed E-state index contributed by atoms with van der Waals surface area (Å²) in [4.78, 5) is 23.5. The van der Waals surface area contributed by atoms with Gasteiger partial charge in [0.15, 0.2) is 6.61 Å². The van der Waals surface area contributed by atoms with Crippen molar-refractivity contribution in [2.24, 2.45) is 0 Å². The monoisotopic (exact) mass is 361 g/mol. The summed E-state index contributed by atoms with van der Waals surface area (Å²) in [6, 6.07) is 14.6. The molecule has 0 aromatic heterocycles. The second-order valence-electron chi connectivity index (χ2n) is 5.39. The number of halogens is 1. The van der Waals surface area contributed by atoms with E-state index in [0.29, 0.717) is 23.7 Å². The van der Waals surface area contributed by atoms with Crippen LogP contribution in [0.5, 0.6) is 5.75 Å². The van der Waals surface area contributed by atoms with E-state index < -0.39 is 11.9 Å². The van der Waals surface area contributed by atoms with Gasteiger partial charge in [0.2, 0.25) is 0 Å². The maximum Gasteiger partial charge on any atom is 0.306 e. The summed E-state index contributed by atoms with van der Waals surface area (Å²) >= 11 is 5.99. The number of nitrogens with one attached hydrogen (secondary N) is 1. The van der Waals surface area contributed by atoms with E-state index in [1.807, 2.05) is 30.3 Å². The van der Waals surface area contributed by atoms with E-state index in [1.165, 1.54) is 0 Å². The van der Waals surface area contributed by atoms with E-state index in [-0.39, 0.29) is 13.0 Å². The average Bonchev–Trinajstić information content (AvgIpc) is 2.62. The fourth-order valence-corrected chi connectivity index (χ4v) is 2.25. The quantitative estimate of drug-likeness (QED) is 0.570. The molecule has 2 aromatic rings. The zero-order chi connectivity index (χ0) is 18.1. The molecule has 0 radical (unpaired) electrons. The highest BCUT2D eigenvalue weighted by molar-refractivity contribution is 6.31. The smallest absolute Gasteiger partial charge is 0.306 e. The number of rotatable bonds is 8. The zero-order valence-electron chi connectivity index (χ0n) is 14.0. The van der Waals surface area contributed by atoms with E-state index in [2.05, 4.69) is 5.32 Å². The van der Waals surface area contributed by atoms with Gasteiger partial charge in [0.05, 0.1) is 6.61 Å². The highest BCUT2D eigenvalue weighted by atomic mass is 35.5. The van der Waals surface area contributed by atoms with Gasteiger partial charge in [-0.15, -0.1) is 0 Å². The number of ether oxygens (including phenoxy) is 2. The number of hydrogen-bond acceptors (Lipinski definition) is 4. The van der Waals surface area contributed by atoms with Crippen molar-refractivity contribution < 1.29 is 19.1 Å². The lowest BCUT2D eigenvalue weighted by molar-refractivity contribution is -0.147. The van der Waals surface area contributed by atoms with E-state index in [9.17, 15) is 9.59 Å². The summed E-state index contributed by atoms with van der Waals surface area (Å²) in [7, 11) is 0. The summed E-state index contributed by atoms with van der Waals surface area (Å²) in [6.07, 6.45) is 0.707. The van der Waals surface area contributed by atoms with Gasteiger partial charge in [-0.3, -0.25) is 9.59 Å². The van der Waals surface area contributed by atoms with Gasteiger partial charge in [-0.25, -0.2) is 0 Å². The first-order valence-electron chi connectivity index (χ1n) is 7.94. The van der Waals surface area contributed by atoms with Crippen molar-refractivity contribution in [2.75, 3.05) is 18.5 Å². The lowest BCUT2D eigenvalue weighted by atomic mass is 10.2. The molecule has 2 rings (SSSR count). The number of benzene rings is 2. The maximum atomic E-state index is 11.8. The Morgan fingerprint density at radius 2 is 1.84 bits per heavy atom. The molecule has 2 aromatic carbocycles. The number of anilines is 1. The van der Waals surface area contributed by atoms with E-state index in [4.69, 9.17) is 21.1 Å². The van der Waals surface area contributed by atoms with Gasteiger partial charge in [0.25, 0.3) is 5.91 Å². The minimum Gasteiger partial charge on any atom is -0.494 e. The minimum absolute atomic E-state index is 0.191. The molecule has 0 fully saturated rings. The van der Waals surface area contributed by atoms with Gasteiger partial charge < -0.3 is 14.8 Å². The van der Waals surface area contributed by atoms with E-state index in [0.717, 1.165) is 11.3 Å². The number of para-hydroxylation sites is 1. The summed E-state index contributed by atoms with van der Waals surface area (Å²) in [5.74, 6) is -0.0824. The first kappa shape index (κ1) is 18.8. The molecule has 0 saturated heterocycles. The first-order valence-corrected chi connectivity index (χ1v) is 8.32. The van der Waals surface area contributed by atoms with E-state index in [1.54, 1.807) is 25.1 Å². The van der Waals surface area contributed by atoms with Gasteiger partial charge in [-0.05, 0) is 43.2 Å². The Hall–Kier alpha value is -2.53. The summed E-state index contributed by atoms with van der Waals surface area (Å²) in [6.45, 7) is 1.88. The predicted octanol–water partition coefficient (Wildman–Crippen LogP) is 3.99. The normalized spacial score (nSPS) is 10.2. The molecule has 0 heterocycles. The maximum absolute atomic E-state index is 11.8. The summed E-state index contributed by atoms with van der Waals surface area (Å²) < 4.78 is 10.4. The third kappa shape index (κ3) is 6.47. The molecule has 0 unspecified atom stereocenters. The first-order chi connectivity index (χ1) is 12.1. The van der Waals surface area contributed by atoms with Crippen molar-refractivity contribution >= 4 is 29.2 Å². The lowest BCUT2D eigenvalue weighted by Crippen LogP contribution is -2.21. The zero-order valence-corrected chi connectivity index (χ0v) is 14.7. The van der Waals surface area contributed by atoms with Crippen LogP contribution in [0.15, 0.2) is 48.5 Å². The van der Waals surface area contributed by atoms with Crippen LogP contribution in [0.25, 0.3) is 0 Å². The minimum atomic E-state index is -0.436. The molecule has 132 valence electrons. The molecule has 6 heteroatoms. The summed E-state index contributed by atoms with van der Waals surface area (Å²) in [5, 5.41) is 3.23. The van der Waals surface area contributed by atoms with Crippen LogP contribution >= 0.6 is 11.6 Å². The van der Waals surface area contributed by atoms with Gasteiger partial charge in [0.1, 0.15) is 5.75 Å². The van der Waals surface area contributed by atoms with Crippen LogP contribution in [0.4, 0.5) is 5.69 Å². The molecule has 0 atom stereocenters.